The highest BCUT2D eigenvalue weighted by Crippen LogP contribution is 2.34. The van der Waals surface area contributed by atoms with Crippen molar-refractivity contribution in [1.82, 2.24) is 9.62 Å². The SMILES string of the molecule is Cc1ccc(S(=O)(=O)N2CC(=O)N(c3ccccc3C)C(C)(C(=O)NCCC(C)C)C2)cc1. The van der Waals surface area contributed by atoms with Crippen molar-refractivity contribution in [3.8, 4) is 0 Å². The average Bonchev–Trinajstić information content (AvgIpc) is 2.74. The fourth-order valence-electron chi connectivity index (χ4n) is 4.05. The van der Waals surface area contributed by atoms with Gasteiger partial charge in [-0.15, -0.1) is 0 Å². The summed E-state index contributed by atoms with van der Waals surface area (Å²) in [6, 6.07) is 13.8. The van der Waals surface area contributed by atoms with Gasteiger partial charge >= 0.3 is 0 Å². The Kier molecular flexibility index (Phi) is 7.29. The minimum Gasteiger partial charge on any atom is -0.354 e. The van der Waals surface area contributed by atoms with Gasteiger partial charge in [0.25, 0.3) is 0 Å². The van der Waals surface area contributed by atoms with Gasteiger partial charge in [0.1, 0.15) is 5.54 Å². The summed E-state index contributed by atoms with van der Waals surface area (Å²) in [5.41, 5.74) is 0.970. The highest BCUT2D eigenvalue weighted by atomic mass is 32.2. The number of nitrogens with one attached hydrogen (secondary N) is 1. The maximum atomic E-state index is 13.5. The summed E-state index contributed by atoms with van der Waals surface area (Å²) in [6.07, 6.45) is 0.783. The van der Waals surface area contributed by atoms with Crippen molar-refractivity contribution in [3.63, 3.8) is 0 Å². The van der Waals surface area contributed by atoms with Gasteiger partial charge in [0.05, 0.1) is 11.4 Å². The van der Waals surface area contributed by atoms with E-state index in [2.05, 4.69) is 19.2 Å². The van der Waals surface area contributed by atoms with Gasteiger partial charge in [-0.3, -0.25) is 14.5 Å². The molecular weight excluding hydrogens is 438 g/mol. The second-order valence-corrected chi connectivity index (χ2v) is 11.3. The first-order valence-corrected chi connectivity index (χ1v) is 12.6. The van der Waals surface area contributed by atoms with E-state index in [-0.39, 0.29) is 23.9 Å². The quantitative estimate of drug-likeness (QED) is 0.672. The van der Waals surface area contributed by atoms with E-state index in [0.29, 0.717) is 18.2 Å². The zero-order chi connectivity index (χ0) is 24.4. The van der Waals surface area contributed by atoms with E-state index in [0.717, 1.165) is 21.9 Å². The fourth-order valence-corrected chi connectivity index (χ4v) is 5.53. The van der Waals surface area contributed by atoms with Crippen molar-refractivity contribution in [1.29, 1.82) is 0 Å². The fraction of sp³-hybridized carbons (Fsp3) is 0.440. The second kappa shape index (κ2) is 9.65. The molecule has 0 bridgehead atoms. The summed E-state index contributed by atoms with van der Waals surface area (Å²) in [5, 5.41) is 2.93. The average molecular weight is 472 g/mol. The van der Waals surface area contributed by atoms with Crippen LogP contribution in [0.15, 0.2) is 53.4 Å². The number of sulfonamides is 1. The van der Waals surface area contributed by atoms with E-state index < -0.39 is 21.5 Å². The molecule has 1 aliphatic heterocycles. The topological polar surface area (TPSA) is 86.8 Å². The molecule has 2 aromatic rings. The molecule has 33 heavy (non-hydrogen) atoms. The molecule has 178 valence electrons. The van der Waals surface area contributed by atoms with Crippen molar-refractivity contribution in [3.05, 3.63) is 59.7 Å². The number of carbonyl (C=O) groups is 2. The van der Waals surface area contributed by atoms with Gasteiger partial charge in [0.15, 0.2) is 0 Å². The number of hydrogen-bond acceptors (Lipinski definition) is 4. The van der Waals surface area contributed by atoms with E-state index in [1.54, 1.807) is 25.1 Å². The van der Waals surface area contributed by atoms with Crippen LogP contribution in [0.4, 0.5) is 5.69 Å². The van der Waals surface area contributed by atoms with Crippen LogP contribution in [-0.4, -0.2) is 49.7 Å². The summed E-state index contributed by atoms with van der Waals surface area (Å²) in [7, 11) is -3.96. The molecule has 1 fully saturated rings. The van der Waals surface area contributed by atoms with Crippen LogP contribution in [0.1, 0.15) is 38.3 Å². The molecule has 1 N–H and O–H groups in total. The second-order valence-electron chi connectivity index (χ2n) is 9.31. The van der Waals surface area contributed by atoms with Crippen LogP contribution in [0, 0.1) is 19.8 Å². The summed E-state index contributed by atoms with van der Waals surface area (Å²) in [5.74, 6) is -0.409. The Labute approximate surface area is 196 Å². The zero-order valence-electron chi connectivity index (χ0n) is 20.0. The van der Waals surface area contributed by atoms with Crippen molar-refractivity contribution >= 4 is 27.5 Å². The van der Waals surface area contributed by atoms with E-state index in [1.165, 1.54) is 17.0 Å². The third kappa shape index (κ3) is 5.12. The maximum absolute atomic E-state index is 13.5. The van der Waals surface area contributed by atoms with Crippen LogP contribution >= 0.6 is 0 Å². The largest absolute Gasteiger partial charge is 0.354 e. The minimum atomic E-state index is -3.96. The van der Waals surface area contributed by atoms with E-state index in [1.807, 2.05) is 32.0 Å². The minimum absolute atomic E-state index is 0.104. The lowest BCUT2D eigenvalue weighted by Crippen LogP contribution is -2.70. The van der Waals surface area contributed by atoms with Gasteiger partial charge in [-0.25, -0.2) is 8.42 Å². The van der Waals surface area contributed by atoms with Crippen molar-refractivity contribution in [2.45, 2.75) is 51.5 Å². The Morgan fingerprint density at radius 2 is 1.73 bits per heavy atom. The van der Waals surface area contributed by atoms with Gasteiger partial charge in [-0.1, -0.05) is 49.7 Å². The summed E-state index contributed by atoms with van der Waals surface area (Å²) in [6.45, 7) is 9.48. The number of anilines is 1. The first-order valence-electron chi connectivity index (χ1n) is 11.2. The van der Waals surface area contributed by atoms with Crippen molar-refractivity contribution in [2.24, 2.45) is 5.92 Å². The lowest BCUT2D eigenvalue weighted by atomic mass is 9.93. The molecule has 1 heterocycles. The van der Waals surface area contributed by atoms with Gasteiger partial charge in [-0.2, -0.15) is 4.31 Å². The molecule has 1 atom stereocenters. The predicted molar refractivity (Wildman–Crippen MR) is 129 cm³/mol. The highest BCUT2D eigenvalue weighted by molar-refractivity contribution is 7.89. The molecule has 3 rings (SSSR count). The number of rotatable bonds is 7. The van der Waals surface area contributed by atoms with Crippen LogP contribution in [0.2, 0.25) is 0 Å². The number of para-hydroxylation sites is 1. The normalized spacial score (nSPS) is 19.7. The van der Waals surface area contributed by atoms with Crippen LogP contribution in [-0.2, 0) is 19.6 Å². The number of aryl methyl sites for hydroxylation is 2. The number of hydrogen-bond donors (Lipinski definition) is 1. The number of piperazine rings is 1. The van der Waals surface area contributed by atoms with Gasteiger partial charge in [0.2, 0.25) is 21.8 Å². The molecule has 1 saturated heterocycles. The number of nitrogens with zero attached hydrogens (tertiary/aromatic N) is 2. The van der Waals surface area contributed by atoms with E-state index >= 15 is 0 Å². The molecule has 1 unspecified atom stereocenters. The summed E-state index contributed by atoms with van der Waals surface area (Å²) >= 11 is 0. The Morgan fingerprint density at radius 1 is 1.09 bits per heavy atom. The maximum Gasteiger partial charge on any atom is 0.247 e. The molecule has 7 nitrogen and oxygen atoms in total. The van der Waals surface area contributed by atoms with Crippen LogP contribution in [0.5, 0.6) is 0 Å². The number of carbonyl (C=O) groups excluding carboxylic acids is 2. The smallest absolute Gasteiger partial charge is 0.247 e. The molecular formula is C25H33N3O4S. The summed E-state index contributed by atoms with van der Waals surface area (Å²) < 4.78 is 27.9. The lowest BCUT2D eigenvalue weighted by molar-refractivity contribution is -0.132. The van der Waals surface area contributed by atoms with Crippen molar-refractivity contribution in [2.75, 3.05) is 24.5 Å². The van der Waals surface area contributed by atoms with E-state index in [4.69, 9.17) is 0 Å². The van der Waals surface area contributed by atoms with Crippen LogP contribution in [0.3, 0.4) is 0 Å². The molecule has 0 aromatic heterocycles. The Morgan fingerprint density at radius 3 is 2.33 bits per heavy atom. The van der Waals surface area contributed by atoms with Crippen LogP contribution < -0.4 is 10.2 Å². The molecule has 2 aromatic carbocycles. The van der Waals surface area contributed by atoms with Gasteiger partial charge in [-0.05, 0) is 56.9 Å². The van der Waals surface area contributed by atoms with E-state index in [9.17, 15) is 18.0 Å². The molecule has 0 aliphatic carbocycles. The molecule has 0 spiro atoms. The monoisotopic (exact) mass is 471 g/mol. The first kappa shape index (κ1) is 24.9. The molecule has 1 aliphatic rings. The number of benzene rings is 2. The lowest BCUT2D eigenvalue weighted by Gasteiger charge is -2.47. The predicted octanol–water partition coefficient (Wildman–Crippen LogP) is 3.26. The molecule has 8 heteroatoms. The van der Waals surface area contributed by atoms with Crippen LogP contribution in [0.25, 0.3) is 0 Å². The zero-order valence-corrected chi connectivity index (χ0v) is 20.8. The molecule has 2 amide bonds. The standard InChI is InChI=1S/C25H33N3O4S/c1-18(2)14-15-26-24(30)25(5)17-27(33(31,32)21-12-10-19(3)11-13-21)16-23(29)28(25)22-9-7-6-8-20(22)4/h6-13,18H,14-17H2,1-5H3,(H,26,30). The Bertz CT molecular complexity index is 1130. The summed E-state index contributed by atoms with van der Waals surface area (Å²) in [4.78, 5) is 28.5. The molecule has 0 radical (unpaired) electrons. The van der Waals surface area contributed by atoms with Gasteiger partial charge in [0, 0.05) is 18.8 Å². The molecule has 0 saturated carbocycles. The Hall–Kier alpha value is -2.71. The van der Waals surface area contributed by atoms with Gasteiger partial charge < -0.3 is 5.32 Å². The number of amides is 2. The highest BCUT2D eigenvalue weighted by Gasteiger charge is 2.51. The first-order chi connectivity index (χ1) is 15.5. The third-order valence-electron chi connectivity index (χ3n) is 6.05. The van der Waals surface area contributed by atoms with Crippen molar-refractivity contribution < 1.29 is 18.0 Å². The Balaban J connectivity index is 2.02. The third-order valence-corrected chi connectivity index (χ3v) is 7.86.